The molecule has 102 valence electrons. The van der Waals surface area contributed by atoms with E-state index < -0.39 is 5.97 Å². The molecule has 6 heteroatoms. The highest BCUT2D eigenvalue weighted by Crippen LogP contribution is 2.24. The van der Waals surface area contributed by atoms with Gasteiger partial charge in [-0.1, -0.05) is 11.6 Å². The zero-order chi connectivity index (χ0) is 14.0. The average Bonchev–Trinajstić information content (AvgIpc) is 2.41. The zero-order valence-corrected chi connectivity index (χ0v) is 11.1. The Balaban J connectivity index is 2.09. The van der Waals surface area contributed by atoms with Gasteiger partial charge in [0.1, 0.15) is 0 Å². The van der Waals surface area contributed by atoms with Crippen LogP contribution in [0, 0.1) is 5.92 Å². The molecule has 19 heavy (non-hydrogen) atoms. The number of rotatable bonds is 2. The normalized spacial score (nSPS) is 16.4. The number of nitrogens with two attached hydrogens (primary N) is 1. The Kier molecular flexibility index (Phi) is 3.95. The number of anilines is 1. The molecule has 1 aliphatic rings. The second-order valence-electron chi connectivity index (χ2n) is 4.64. The molecule has 0 unspecified atom stereocenters. The number of nitrogens with zero attached hydrogens (tertiary/aromatic N) is 1. The van der Waals surface area contributed by atoms with Gasteiger partial charge in [-0.15, -0.1) is 0 Å². The predicted octanol–water partition coefficient (Wildman–Crippen LogP) is 1.86. The minimum atomic E-state index is -0.797. The number of carboxylic acid groups (broad SMARTS) is 1. The predicted molar refractivity (Wildman–Crippen MR) is 72.1 cm³/mol. The van der Waals surface area contributed by atoms with Crippen molar-refractivity contribution in [3.8, 4) is 0 Å². The standard InChI is InChI=1S/C13H15ClN2O3/c14-11-2-1-9(15)7-10(11)12(17)16-5-3-8(4-6-16)13(18)19/h1-2,7-8H,3-6,15H2,(H,18,19). The van der Waals surface area contributed by atoms with Gasteiger partial charge >= 0.3 is 5.97 Å². The van der Waals surface area contributed by atoms with E-state index >= 15 is 0 Å². The number of likely N-dealkylation sites (tertiary alicyclic amines) is 1. The Hall–Kier alpha value is -1.75. The van der Waals surface area contributed by atoms with E-state index in [-0.39, 0.29) is 11.8 Å². The molecule has 1 aromatic carbocycles. The van der Waals surface area contributed by atoms with E-state index in [1.807, 2.05) is 0 Å². The fraction of sp³-hybridized carbons (Fsp3) is 0.385. The number of hydrogen-bond acceptors (Lipinski definition) is 3. The summed E-state index contributed by atoms with van der Waals surface area (Å²) in [5.74, 6) is -1.35. The Morgan fingerprint density at radius 3 is 2.53 bits per heavy atom. The fourth-order valence-corrected chi connectivity index (χ4v) is 2.41. The van der Waals surface area contributed by atoms with E-state index in [9.17, 15) is 9.59 Å². The number of aliphatic carboxylic acids is 1. The van der Waals surface area contributed by atoms with E-state index in [1.165, 1.54) is 0 Å². The lowest BCUT2D eigenvalue weighted by Gasteiger charge is -2.30. The molecule has 2 rings (SSSR count). The van der Waals surface area contributed by atoms with E-state index in [4.69, 9.17) is 22.4 Å². The van der Waals surface area contributed by atoms with E-state index in [2.05, 4.69) is 0 Å². The van der Waals surface area contributed by atoms with Gasteiger partial charge in [0.2, 0.25) is 0 Å². The average molecular weight is 283 g/mol. The van der Waals surface area contributed by atoms with Crippen molar-refractivity contribution in [2.75, 3.05) is 18.8 Å². The van der Waals surface area contributed by atoms with Crippen molar-refractivity contribution in [3.63, 3.8) is 0 Å². The summed E-state index contributed by atoms with van der Waals surface area (Å²) >= 11 is 5.99. The summed E-state index contributed by atoms with van der Waals surface area (Å²) in [6.45, 7) is 0.863. The molecular formula is C13H15ClN2O3. The number of piperidine rings is 1. The van der Waals surface area contributed by atoms with E-state index in [0.29, 0.717) is 42.2 Å². The lowest BCUT2D eigenvalue weighted by atomic mass is 9.96. The number of carbonyl (C=O) groups excluding carboxylic acids is 1. The summed E-state index contributed by atoms with van der Waals surface area (Å²) in [6, 6.07) is 4.78. The van der Waals surface area contributed by atoms with Crippen LogP contribution in [0.4, 0.5) is 5.69 Å². The Labute approximate surface area is 116 Å². The number of amides is 1. The number of halogens is 1. The smallest absolute Gasteiger partial charge is 0.306 e. The largest absolute Gasteiger partial charge is 0.481 e. The number of carbonyl (C=O) groups is 2. The Bertz CT molecular complexity index is 511. The van der Waals surface area contributed by atoms with Crippen LogP contribution in [0.1, 0.15) is 23.2 Å². The minimum absolute atomic E-state index is 0.193. The maximum absolute atomic E-state index is 12.3. The summed E-state index contributed by atoms with van der Waals surface area (Å²) in [7, 11) is 0. The van der Waals surface area contributed by atoms with Gasteiger partial charge in [0.25, 0.3) is 5.91 Å². The highest BCUT2D eigenvalue weighted by atomic mass is 35.5. The molecule has 0 aromatic heterocycles. The van der Waals surface area contributed by atoms with Gasteiger partial charge in [-0.2, -0.15) is 0 Å². The first-order chi connectivity index (χ1) is 8.99. The van der Waals surface area contributed by atoms with Gasteiger partial charge in [0, 0.05) is 18.8 Å². The van der Waals surface area contributed by atoms with Gasteiger partial charge in [-0.05, 0) is 31.0 Å². The highest BCUT2D eigenvalue weighted by Gasteiger charge is 2.28. The second kappa shape index (κ2) is 5.48. The number of carboxylic acids is 1. The molecule has 0 saturated carbocycles. The summed E-state index contributed by atoms with van der Waals surface area (Å²) < 4.78 is 0. The molecule has 1 aliphatic heterocycles. The number of hydrogen-bond donors (Lipinski definition) is 2. The minimum Gasteiger partial charge on any atom is -0.481 e. The third kappa shape index (κ3) is 2.98. The first-order valence-electron chi connectivity index (χ1n) is 6.06. The van der Waals surface area contributed by atoms with Crippen molar-refractivity contribution in [2.45, 2.75) is 12.8 Å². The van der Waals surface area contributed by atoms with Crippen LogP contribution in [0.15, 0.2) is 18.2 Å². The summed E-state index contributed by atoms with van der Waals surface area (Å²) in [5, 5.41) is 9.28. The van der Waals surface area contributed by atoms with Crippen LogP contribution in [-0.2, 0) is 4.79 Å². The zero-order valence-electron chi connectivity index (χ0n) is 10.3. The van der Waals surface area contributed by atoms with Gasteiger partial charge in [0.05, 0.1) is 16.5 Å². The Morgan fingerprint density at radius 1 is 1.32 bits per heavy atom. The van der Waals surface area contributed by atoms with Gasteiger partial charge in [-0.25, -0.2) is 0 Å². The van der Waals surface area contributed by atoms with Crippen molar-refractivity contribution in [2.24, 2.45) is 5.92 Å². The van der Waals surface area contributed by atoms with Crippen LogP contribution in [0.25, 0.3) is 0 Å². The van der Waals surface area contributed by atoms with Crippen LogP contribution in [0.2, 0.25) is 5.02 Å². The van der Waals surface area contributed by atoms with Crippen molar-refractivity contribution in [1.82, 2.24) is 4.90 Å². The molecule has 0 bridgehead atoms. The molecule has 0 spiro atoms. The molecule has 0 radical (unpaired) electrons. The van der Waals surface area contributed by atoms with Crippen LogP contribution in [0.5, 0.6) is 0 Å². The van der Waals surface area contributed by atoms with E-state index in [1.54, 1.807) is 23.1 Å². The second-order valence-corrected chi connectivity index (χ2v) is 5.05. The Morgan fingerprint density at radius 2 is 1.95 bits per heavy atom. The maximum Gasteiger partial charge on any atom is 0.306 e. The summed E-state index contributed by atoms with van der Waals surface area (Å²) in [5.41, 5.74) is 6.50. The maximum atomic E-state index is 12.3. The van der Waals surface area contributed by atoms with Crippen LogP contribution < -0.4 is 5.73 Å². The molecule has 1 saturated heterocycles. The molecule has 1 heterocycles. The van der Waals surface area contributed by atoms with E-state index in [0.717, 1.165) is 0 Å². The highest BCUT2D eigenvalue weighted by molar-refractivity contribution is 6.34. The molecule has 1 amide bonds. The monoisotopic (exact) mass is 282 g/mol. The number of nitrogen functional groups attached to an aromatic ring is 1. The quantitative estimate of drug-likeness (QED) is 0.811. The van der Waals surface area contributed by atoms with Gasteiger partial charge in [-0.3, -0.25) is 9.59 Å². The molecular weight excluding hydrogens is 268 g/mol. The molecule has 0 aliphatic carbocycles. The lowest BCUT2D eigenvalue weighted by molar-refractivity contribution is -0.143. The van der Waals surface area contributed by atoms with Crippen LogP contribution in [0.3, 0.4) is 0 Å². The summed E-state index contributed by atoms with van der Waals surface area (Å²) in [6.07, 6.45) is 0.946. The first-order valence-corrected chi connectivity index (χ1v) is 6.44. The van der Waals surface area contributed by atoms with Crippen molar-refractivity contribution < 1.29 is 14.7 Å². The SMILES string of the molecule is Nc1ccc(Cl)c(C(=O)N2CCC(C(=O)O)CC2)c1. The fourth-order valence-electron chi connectivity index (χ4n) is 2.21. The van der Waals surface area contributed by atoms with Crippen molar-refractivity contribution in [1.29, 1.82) is 0 Å². The van der Waals surface area contributed by atoms with Crippen LogP contribution >= 0.6 is 11.6 Å². The van der Waals surface area contributed by atoms with Gasteiger partial charge in [0.15, 0.2) is 0 Å². The molecule has 1 aromatic rings. The third-order valence-electron chi connectivity index (χ3n) is 3.35. The first kappa shape index (κ1) is 13.7. The van der Waals surface area contributed by atoms with Crippen LogP contribution in [-0.4, -0.2) is 35.0 Å². The number of benzene rings is 1. The lowest BCUT2D eigenvalue weighted by Crippen LogP contribution is -2.40. The van der Waals surface area contributed by atoms with Crippen molar-refractivity contribution in [3.05, 3.63) is 28.8 Å². The molecule has 3 N–H and O–H groups in total. The van der Waals surface area contributed by atoms with Gasteiger partial charge < -0.3 is 15.7 Å². The topological polar surface area (TPSA) is 83.6 Å². The summed E-state index contributed by atoms with van der Waals surface area (Å²) in [4.78, 5) is 24.8. The third-order valence-corrected chi connectivity index (χ3v) is 3.68. The molecule has 0 atom stereocenters. The van der Waals surface area contributed by atoms with Crippen molar-refractivity contribution >= 4 is 29.2 Å². The molecule has 5 nitrogen and oxygen atoms in total. The molecule has 1 fully saturated rings.